The van der Waals surface area contributed by atoms with E-state index in [1.165, 1.54) is 0 Å². The van der Waals surface area contributed by atoms with Gasteiger partial charge in [0.25, 0.3) is 5.91 Å². The number of hydrogen-bond donors (Lipinski definition) is 2. The Morgan fingerprint density at radius 3 is 2.84 bits per heavy atom. The van der Waals surface area contributed by atoms with E-state index in [9.17, 15) is 9.59 Å². The molecule has 1 atom stereocenters. The maximum absolute atomic E-state index is 12.4. The van der Waals surface area contributed by atoms with Crippen LogP contribution in [0.2, 0.25) is 0 Å². The molecule has 0 aliphatic carbocycles. The smallest absolute Gasteiger partial charge is 0.308 e. The molecule has 1 aliphatic heterocycles. The number of amides is 1. The quantitative estimate of drug-likeness (QED) is 0.791. The van der Waals surface area contributed by atoms with Gasteiger partial charge in [0.1, 0.15) is 0 Å². The van der Waals surface area contributed by atoms with Crippen molar-refractivity contribution in [2.24, 2.45) is 5.92 Å². The first-order chi connectivity index (χ1) is 8.99. The van der Waals surface area contributed by atoms with Gasteiger partial charge in [-0.05, 0) is 31.9 Å². The number of anilines is 1. The van der Waals surface area contributed by atoms with Crippen molar-refractivity contribution in [3.05, 3.63) is 29.3 Å². The topological polar surface area (TPSA) is 83.6 Å². The largest absolute Gasteiger partial charge is 0.481 e. The highest BCUT2D eigenvalue weighted by Crippen LogP contribution is 2.21. The van der Waals surface area contributed by atoms with E-state index in [1.807, 2.05) is 13.0 Å². The monoisotopic (exact) mass is 262 g/mol. The third kappa shape index (κ3) is 2.86. The second-order valence-corrected chi connectivity index (χ2v) is 5.02. The molecule has 102 valence electrons. The molecule has 0 bridgehead atoms. The Morgan fingerprint density at radius 2 is 2.16 bits per heavy atom. The Kier molecular flexibility index (Phi) is 3.74. The van der Waals surface area contributed by atoms with Gasteiger partial charge in [-0.15, -0.1) is 0 Å². The predicted molar refractivity (Wildman–Crippen MR) is 71.9 cm³/mol. The molecule has 0 saturated carbocycles. The van der Waals surface area contributed by atoms with Gasteiger partial charge in [-0.3, -0.25) is 9.59 Å². The van der Waals surface area contributed by atoms with E-state index in [0.717, 1.165) is 5.56 Å². The van der Waals surface area contributed by atoms with Crippen LogP contribution in [0.1, 0.15) is 28.8 Å². The molecule has 5 heteroatoms. The number of nitrogens with zero attached hydrogens (tertiary/aromatic N) is 1. The highest BCUT2D eigenvalue weighted by atomic mass is 16.4. The van der Waals surface area contributed by atoms with Gasteiger partial charge in [0.05, 0.1) is 11.5 Å². The molecule has 0 aromatic heterocycles. The summed E-state index contributed by atoms with van der Waals surface area (Å²) in [6.45, 7) is 2.75. The minimum atomic E-state index is -0.838. The summed E-state index contributed by atoms with van der Waals surface area (Å²) in [5, 5.41) is 9.04. The summed E-state index contributed by atoms with van der Waals surface area (Å²) in [6, 6.07) is 5.31. The molecule has 1 amide bonds. The van der Waals surface area contributed by atoms with E-state index in [-0.39, 0.29) is 12.5 Å². The number of benzene rings is 1. The second-order valence-electron chi connectivity index (χ2n) is 5.02. The maximum Gasteiger partial charge on any atom is 0.308 e. The van der Waals surface area contributed by atoms with Crippen molar-refractivity contribution in [1.82, 2.24) is 4.90 Å². The maximum atomic E-state index is 12.4. The van der Waals surface area contributed by atoms with Crippen LogP contribution in [-0.4, -0.2) is 35.0 Å². The summed E-state index contributed by atoms with van der Waals surface area (Å²) in [6.07, 6.45) is 1.34. The van der Waals surface area contributed by atoms with Crippen molar-refractivity contribution in [2.75, 3.05) is 18.8 Å². The normalized spacial score (nSPS) is 19.2. The lowest BCUT2D eigenvalue weighted by Crippen LogP contribution is -2.42. The zero-order valence-corrected chi connectivity index (χ0v) is 10.9. The van der Waals surface area contributed by atoms with Gasteiger partial charge in [-0.1, -0.05) is 11.6 Å². The number of likely N-dealkylation sites (tertiary alicyclic amines) is 1. The summed E-state index contributed by atoms with van der Waals surface area (Å²) in [5.41, 5.74) is 7.69. The summed E-state index contributed by atoms with van der Waals surface area (Å²) in [7, 11) is 0. The summed E-state index contributed by atoms with van der Waals surface area (Å²) in [5.74, 6) is -1.48. The Hall–Kier alpha value is -2.04. The van der Waals surface area contributed by atoms with Gasteiger partial charge in [0.2, 0.25) is 0 Å². The molecule has 5 nitrogen and oxygen atoms in total. The Bertz CT molecular complexity index is 513. The molecule has 1 aromatic carbocycles. The van der Waals surface area contributed by atoms with Gasteiger partial charge in [0, 0.05) is 18.8 Å². The number of piperidine rings is 1. The number of hydrogen-bond acceptors (Lipinski definition) is 3. The number of carbonyl (C=O) groups is 2. The molecule has 3 N–H and O–H groups in total. The molecule has 1 heterocycles. The first kappa shape index (κ1) is 13.4. The third-order valence-electron chi connectivity index (χ3n) is 3.50. The Labute approximate surface area is 112 Å². The van der Waals surface area contributed by atoms with Crippen LogP contribution in [0.5, 0.6) is 0 Å². The Balaban J connectivity index is 2.19. The number of aliphatic carboxylic acids is 1. The molecule has 1 unspecified atom stereocenters. The molecule has 1 saturated heterocycles. The third-order valence-corrected chi connectivity index (χ3v) is 3.50. The van der Waals surface area contributed by atoms with Crippen molar-refractivity contribution in [3.8, 4) is 0 Å². The minimum Gasteiger partial charge on any atom is -0.481 e. The molecule has 1 aromatic rings. The van der Waals surface area contributed by atoms with Crippen LogP contribution >= 0.6 is 0 Å². The average molecular weight is 262 g/mol. The average Bonchev–Trinajstić information content (AvgIpc) is 2.41. The molecular formula is C14H18N2O3. The first-order valence-corrected chi connectivity index (χ1v) is 6.37. The van der Waals surface area contributed by atoms with Gasteiger partial charge in [0.15, 0.2) is 0 Å². The van der Waals surface area contributed by atoms with Crippen LogP contribution in [0.4, 0.5) is 5.69 Å². The zero-order chi connectivity index (χ0) is 14.0. The lowest BCUT2D eigenvalue weighted by Gasteiger charge is -2.31. The molecule has 1 aliphatic rings. The van der Waals surface area contributed by atoms with Crippen LogP contribution in [0.3, 0.4) is 0 Å². The van der Waals surface area contributed by atoms with E-state index in [1.54, 1.807) is 17.0 Å². The fourth-order valence-electron chi connectivity index (χ4n) is 2.39. The second kappa shape index (κ2) is 5.30. The number of nitrogen functional groups attached to an aromatic ring is 1. The fourth-order valence-corrected chi connectivity index (χ4v) is 2.39. The first-order valence-electron chi connectivity index (χ1n) is 6.37. The lowest BCUT2D eigenvalue weighted by molar-refractivity contribution is -0.143. The lowest BCUT2D eigenvalue weighted by atomic mass is 9.97. The summed E-state index contributed by atoms with van der Waals surface area (Å²) in [4.78, 5) is 25.0. The van der Waals surface area contributed by atoms with Crippen molar-refractivity contribution in [2.45, 2.75) is 19.8 Å². The van der Waals surface area contributed by atoms with Crippen LogP contribution in [0.25, 0.3) is 0 Å². The summed E-state index contributed by atoms with van der Waals surface area (Å²) < 4.78 is 0. The fraction of sp³-hybridized carbons (Fsp3) is 0.429. The predicted octanol–water partition coefficient (Wildman–Crippen LogP) is 1.51. The molecule has 19 heavy (non-hydrogen) atoms. The van der Waals surface area contributed by atoms with Crippen molar-refractivity contribution < 1.29 is 14.7 Å². The van der Waals surface area contributed by atoms with Crippen molar-refractivity contribution in [3.63, 3.8) is 0 Å². The summed E-state index contributed by atoms with van der Waals surface area (Å²) >= 11 is 0. The van der Waals surface area contributed by atoms with E-state index in [4.69, 9.17) is 10.8 Å². The van der Waals surface area contributed by atoms with E-state index >= 15 is 0 Å². The molecule has 0 spiro atoms. The minimum absolute atomic E-state index is 0.174. The highest BCUT2D eigenvalue weighted by molar-refractivity contribution is 5.99. The van der Waals surface area contributed by atoms with Crippen LogP contribution in [-0.2, 0) is 4.79 Å². The van der Waals surface area contributed by atoms with Crippen LogP contribution in [0.15, 0.2) is 18.2 Å². The van der Waals surface area contributed by atoms with E-state index in [2.05, 4.69) is 0 Å². The van der Waals surface area contributed by atoms with Crippen LogP contribution in [0, 0.1) is 12.8 Å². The highest BCUT2D eigenvalue weighted by Gasteiger charge is 2.29. The van der Waals surface area contributed by atoms with Gasteiger partial charge in [-0.25, -0.2) is 0 Å². The number of carbonyl (C=O) groups excluding carboxylic acids is 1. The number of nitrogens with two attached hydrogens (primary N) is 1. The van der Waals surface area contributed by atoms with Crippen LogP contribution < -0.4 is 5.73 Å². The molecule has 2 rings (SSSR count). The number of rotatable bonds is 2. The number of carboxylic acid groups (broad SMARTS) is 1. The van der Waals surface area contributed by atoms with Crippen molar-refractivity contribution in [1.29, 1.82) is 0 Å². The molecule has 1 fully saturated rings. The van der Waals surface area contributed by atoms with E-state index < -0.39 is 11.9 Å². The Morgan fingerprint density at radius 1 is 1.42 bits per heavy atom. The SMILES string of the molecule is Cc1ccc(N)c(C(=O)N2CCCC(C(=O)O)C2)c1. The molecule has 0 radical (unpaired) electrons. The van der Waals surface area contributed by atoms with Gasteiger partial charge < -0.3 is 15.7 Å². The number of aryl methyl sites for hydroxylation is 1. The van der Waals surface area contributed by atoms with Crippen molar-refractivity contribution >= 4 is 17.6 Å². The zero-order valence-electron chi connectivity index (χ0n) is 10.9. The van der Waals surface area contributed by atoms with Gasteiger partial charge in [-0.2, -0.15) is 0 Å². The molecular weight excluding hydrogens is 244 g/mol. The van der Waals surface area contributed by atoms with E-state index in [0.29, 0.717) is 30.6 Å². The van der Waals surface area contributed by atoms with Gasteiger partial charge >= 0.3 is 5.97 Å². The number of carboxylic acids is 1. The standard InChI is InChI=1S/C14H18N2O3/c1-9-4-5-12(15)11(7-9)13(17)16-6-2-3-10(8-16)14(18)19/h4-5,7,10H,2-3,6,8,15H2,1H3,(H,18,19).